The molecule has 0 unspecified atom stereocenters. The van der Waals surface area contributed by atoms with E-state index in [1.165, 1.54) is 12.3 Å². The van der Waals surface area contributed by atoms with Crippen molar-refractivity contribution >= 4 is 11.9 Å². The first-order chi connectivity index (χ1) is 9.75. The van der Waals surface area contributed by atoms with E-state index in [4.69, 9.17) is 9.15 Å². The number of hydrogen-bond donors (Lipinski definition) is 1. The highest BCUT2D eigenvalue weighted by Crippen LogP contribution is 2.02. The van der Waals surface area contributed by atoms with Crippen LogP contribution in [0.15, 0.2) is 53.1 Å². The predicted molar refractivity (Wildman–Crippen MR) is 72.1 cm³/mol. The zero-order valence-corrected chi connectivity index (χ0v) is 10.9. The van der Waals surface area contributed by atoms with Crippen molar-refractivity contribution in [3.63, 3.8) is 0 Å². The van der Waals surface area contributed by atoms with Crippen LogP contribution in [-0.4, -0.2) is 25.0 Å². The van der Waals surface area contributed by atoms with Gasteiger partial charge in [0.15, 0.2) is 6.61 Å². The number of amides is 1. The second kappa shape index (κ2) is 7.13. The highest BCUT2D eigenvalue weighted by molar-refractivity contribution is 5.88. The summed E-state index contributed by atoms with van der Waals surface area (Å²) in [6, 6.07) is 12.9. The monoisotopic (exact) mass is 273 g/mol. The molecular weight excluding hydrogens is 258 g/mol. The third kappa shape index (κ3) is 4.28. The van der Waals surface area contributed by atoms with Gasteiger partial charge in [-0.15, -0.1) is 0 Å². The molecule has 2 rings (SSSR count). The Morgan fingerprint density at radius 1 is 1.10 bits per heavy atom. The Labute approximate surface area is 116 Å². The summed E-state index contributed by atoms with van der Waals surface area (Å²) in [5, 5.41) is 2.69. The maximum absolute atomic E-state index is 11.5. The Kier molecular flexibility index (Phi) is 4.94. The molecule has 0 saturated heterocycles. The fraction of sp³-hybridized carbons (Fsp3) is 0.200. The fourth-order valence-corrected chi connectivity index (χ4v) is 1.64. The van der Waals surface area contributed by atoms with Crippen molar-refractivity contribution in [3.05, 3.63) is 60.1 Å². The van der Waals surface area contributed by atoms with Crippen molar-refractivity contribution < 1.29 is 18.7 Å². The largest absolute Gasteiger partial charge is 0.457 e. The van der Waals surface area contributed by atoms with Crippen molar-refractivity contribution in [2.24, 2.45) is 0 Å². The standard InChI is InChI=1S/C15H15NO4/c17-14(11-20-15(18)13-7-4-10-19-13)16-9-8-12-5-2-1-3-6-12/h1-7,10H,8-9,11H2,(H,16,17). The van der Waals surface area contributed by atoms with Gasteiger partial charge in [-0.2, -0.15) is 0 Å². The molecule has 0 atom stereocenters. The van der Waals surface area contributed by atoms with E-state index in [-0.39, 0.29) is 18.3 Å². The van der Waals surface area contributed by atoms with E-state index in [0.717, 1.165) is 12.0 Å². The molecule has 5 nitrogen and oxygen atoms in total. The fourth-order valence-electron chi connectivity index (χ4n) is 1.64. The molecule has 0 aliphatic rings. The summed E-state index contributed by atoms with van der Waals surface area (Å²) in [5.74, 6) is -0.892. The summed E-state index contributed by atoms with van der Waals surface area (Å²) in [4.78, 5) is 22.9. The molecule has 0 radical (unpaired) electrons. The first kappa shape index (κ1) is 13.9. The van der Waals surface area contributed by atoms with Gasteiger partial charge in [0.25, 0.3) is 5.91 Å². The highest BCUT2D eigenvalue weighted by Gasteiger charge is 2.11. The van der Waals surface area contributed by atoms with Crippen LogP contribution in [0.1, 0.15) is 16.1 Å². The third-order valence-electron chi connectivity index (χ3n) is 2.64. The Morgan fingerprint density at radius 2 is 1.90 bits per heavy atom. The molecule has 20 heavy (non-hydrogen) atoms. The van der Waals surface area contributed by atoms with Crippen LogP contribution in [0.25, 0.3) is 0 Å². The first-order valence-electron chi connectivity index (χ1n) is 6.27. The number of carbonyl (C=O) groups excluding carboxylic acids is 2. The second-order valence-electron chi connectivity index (χ2n) is 4.14. The predicted octanol–water partition coefficient (Wildman–Crippen LogP) is 1.80. The second-order valence-corrected chi connectivity index (χ2v) is 4.14. The Balaban J connectivity index is 1.65. The molecule has 0 fully saturated rings. The van der Waals surface area contributed by atoms with E-state index >= 15 is 0 Å². The van der Waals surface area contributed by atoms with Crippen LogP contribution < -0.4 is 5.32 Å². The lowest BCUT2D eigenvalue weighted by Gasteiger charge is -2.05. The minimum Gasteiger partial charge on any atom is -0.457 e. The van der Waals surface area contributed by atoms with E-state index < -0.39 is 5.97 Å². The molecule has 5 heteroatoms. The summed E-state index contributed by atoms with van der Waals surface area (Å²) in [5.41, 5.74) is 1.14. The van der Waals surface area contributed by atoms with Gasteiger partial charge in [0.1, 0.15) is 0 Å². The van der Waals surface area contributed by atoms with E-state index in [0.29, 0.717) is 6.54 Å². The average molecular weight is 273 g/mol. The quantitative estimate of drug-likeness (QED) is 0.815. The van der Waals surface area contributed by atoms with E-state index in [1.54, 1.807) is 6.07 Å². The van der Waals surface area contributed by atoms with Crippen molar-refractivity contribution in [2.75, 3.05) is 13.2 Å². The number of ether oxygens (including phenoxy) is 1. The number of hydrogen-bond acceptors (Lipinski definition) is 4. The van der Waals surface area contributed by atoms with Crippen molar-refractivity contribution in [2.45, 2.75) is 6.42 Å². The van der Waals surface area contributed by atoms with Crippen molar-refractivity contribution in [1.82, 2.24) is 5.32 Å². The van der Waals surface area contributed by atoms with Gasteiger partial charge >= 0.3 is 5.97 Å². The summed E-state index contributed by atoms with van der Waals surface area (Å²) < 4.78 is 9.67. The maximum Gasteiger partial charge on any atom is 0.374 e. The molecule has 1 aromatic carbocycles. The van der Waals surface area contributed by atoms with Gasteiger partial charge < -0.3 is 14.5 Å². The van der Waals surface area contributed by atoms with Crippen LogP contribution in [0.5, 0.6) is 0 Å². The van der Waals surface area contributed by atoms with Gasteiger partial charge in [-0.25, -0.2) is 4.79 Å². The molecule has 0 spiro atoms. The van der Waals surface area contributed by atoms with E-state index in [9.17, 15) is 9.59 Å². The van der Waals surface area contributed by atoms with E-state index in [1.807, 2.05) is 30.3 Å². The smallest absolute Gasteiger partial charge is 0.374 e. The van der Waals surface area contributed by atoms with Gasteiger partial charge in [-0.05, 0) is 24.1 Å². The molecule has 1 N–H and O–H groups in total. The van der Waals surface area contributed by atoms with Gasteiger partial charge in [-0.3, -0.25) is 4.79 Å². The molecule has 0 aliphatic heterocycles. The normalized spacial score (nSPS) is 10.0. The SMILES string of the molecule is O=C(COC(=O)c1ccco1)NCCc1ccccc1. The van der Waals surface area contributed by atoms with Crippen molar-refractivity contribution in [3.8, 4) is 0 Å². The van der Waals surface area contributed by atoms with E-state index in [2.05, 4.69) is 5.32 Å². The number of furan rings is 1. The van der Waals surface area contributed by atoms with Crippen LogP contribution in [-0.2, 0) is 16.0 Å². The molecule has 0 bridgehead atoms. The van der Waals surface area contributed by atoms with Crippen LogP contribution >= 0.6 is 0 Å². The molecule has 2 aromatic rings. The summed E-state index contributed by atoms with van der Waals surface area (Å²) in [7, 11) is 0. The van der Waals surface area contributed by atoms with Crippen LogP contribution in [0.2, 0.25) is 0 Å². The minimum atomic E-state index is -0.645. The lowest BCUT2D eigenvalue weighted by molar-refractivity contribution is -0.124. The number of nitrogens with one attached hydrogen (secondary N) is 1. The molecule has 1 aromatic heterocycles. The number of rotatable bonds is 6. The van der Waals surface area contributed by atoms with Crippen molar-refractivity contribution in [1.29, 1.82) is 0 Å². The first-order valence-corrected chi connectivity index (χ1v) is 6.27. The van der Waals surface area contributed by atoms with Crippen LogP contribution in [0.3, 0.4) is 0 Å². The molecule has 104 valence electrons. The Morgan fingerprint density at radius 3 is 2.60 bits per heavy atom. The lowest BCUT2D eigenvalue weighted by Crippen LogP contribution is -2.30. The van der Waals surface area contributed by atoms with Crippen LogP contribution in [0.4, 0.5) is 0 Å². The number of benzene rings is 1. The van der Waals surface area contributed by atoms with Gasteiger partial charge in [0, 0.05) is 6.54 Å². The Bertz CT molecular complexity index is 549. The summed E-state index contributed by atoms with van der Waals surface area (Å²) in [6.45, 7) is 0.190. The lowest BCUT2D eigenvalue weighted by atomic mass is 10.1. The van der Waals surface area contributed by atoms with Gasteiger partial charge in [0.05, 0.1) is 6.26 Å². The topological polar surface area (TPSA) is 68.5 Å². The maximum atomic E-state index is 11.5. The molecule has 1 amide bonds. The highest BCUT2D eigenvalue weighted by atomic mass is 16.5. The summed E-state index contributed by atoms with van der Waals surface area (Å²) >= 11 is 0. The van der Waals surface area contributed by atoms with Crippen LogP contribution in [0, 0.1) is 0 Å². The molecule has 0 aliphatic carbocycles. The molecular formula is C15H15NO4. The number of carbonyl (C=O) groups is 2. The zero-order chi connectivity index (χ0) is 14.2. The summed E-state index contributed by atoms with van der Waals surface area (Å²) in [6.07, 6.45) is 2.11. The average Bonchev–Trinajstić information content (AvgIpc) is 3.00. The Hall–Kier alpha value is -2.56. The zero-order valence-electron chi connectivity index (χ0n) is 10.9. The van der Waals surface area contributed by atoms with Gasteiger partial charge in [0.2, 0.25) is 5.76 Å². The third-order valence-corrected chi connectivity index (χ3v) is 2.64. The number of esters is 1. The molecule has 0 saturated carbocycles. The van der Waals surface area contributed by atoms with Gasteiger partial charge in [-0.1, -0.05) is 30.3 Å². The molecule has 1 heterocycles. The minimum absolute atomic E-state index is 0.0853.